The maximum Gasteiger partial charge on any atom is 0.0463 e. The molecule has 0 aromatic carbocycles. The molecule has 3 nitrogen and oxygen atoms in total. The van der Waals surface area contributed by atoms with Crippen LogP contribution >= 0.6 is 0 Å². The van der Waals surface area contributed by atoms with Crippen molar-refractivity contribution in [3.63, 3.8) is 0 Å². The molecule has 0 atom stereocenters. The second kappa shape index (κ2) is 6.55. The molecule has 3 fully saturated rings. The van der Waals surface area contributed by atoms with Crippen LogP contribution in [0.3, 0.4) is 0 Å². The summed E-state index contributed by atoms with van der Waals surface area (Å²) < 4.78 is 0. The SMILES string of the molecule is CCN1CC2(CCCCN2CC2CCN(C(C)C)CC2)C1. The maximum absolute atomic E-state index is 2.90. The molecule has 122 valence electrons. The largest absolute Gasteiger partial charge is 0.301 e. The summed E-state index contributed by atoms with van der Waals surface area (Å²) in [5, 5.41) is 0. The fourth-order valence-corrected chi connectivity index (χ4v) is 4.77. The Balaban J connectivity index is 1.52. The van der Waals surface area contributed by atoms with Crippen LogP contribution < -0.4 is 0 Å². The maximum atomic E-state index is 2.90. The average molecular weight is 293 g/mol. The van der Waals surface area contributed by atoms with Gasteiger partial charge in [0.25, 0.3) is 0 Å². The summed E-state index contributed by atoms with van der Waals surface area (Å²) in [5.41, 5.74) is 0.573. The Kier molecular flexibility index (Phi) is 4.92. The first-order valence-electron chi connectivity index (χ1n) is 9.34. The lowest BCUT2D eigenvalue weighted by Gasteiger charge is -2.59. The van der Waals surface area contributed by atoms with Crippen LogP contribution in [0.1, 0.15) is 52.9 Å². The van der Waals surface area contributed by atoms with Crippen molar-refractivity contribution in [2.75, 3.05) is 45.8 Å². The van der Waals surface area contributed by atoms with Crippen molar-refractivity contribution >= 4 is 0 Å². The lowest BCUT2D eigenvalue weighted by molar-refractivity contribution is -0.0843. The molecule has 0 saturated carbocycles. The standard InChI is InChI=1S/C18H35N3/c1-4-19-14-18(15-19)9-5-6-10-21(18)13-17-7-11-20(12-8-17)16(2)3/h16-17H,4-15H2,1-3H3. The van der Waals surface area contributed by atoms with E-state index in [1.54, 1.807) is 0 Å². The van der Waals surface area contributed by atoms with E-state index >= 15 is 0 Å². The highest BCUT2D eigenvalue weighted by Crippen LogP contribution is 2.37. The van der Waals surface area contributed by atoms with E-state index in [-0.39, 0.29) is 0 Å². The smallest absolute Gasteiger partial charge is 0.0463 e. The summed E-state index contributed by atoms with van der Waals surface area (Å²) in [6.07, 6.45) is 7.18. The first-order chi connectivity index (χ1) is 10.1. The Morgan fingerprint density at radius 1 is 1.05 bits per heavy atom. The van der Waals surface area contributed by atoms with Crippen LogP contribution in [0.4, 0.5) is 0 Å². The summed E-state index contributed by atoms with van der Waals surface area (Å²) in [4.78, 5) is 8.18. The zero-order valence-electron chi connectivity index (χ0n) is 14.5. The highest BCUT2D eigenvalue weighted by Gasteiger charge is 2.48. The van der Waals surface area contributed by atoms with E-state index in [1.165, 1.54) is 77.9 Å². The zero-order chi connectivity index (χ0) is 14.9. The van der Waals surface area contributed by atoms with Crippen LogP contribution in [0.2, 0.25) is 0 Å². The van der Waals surface area contributed by atoms with Crippen LogP contribution in [0.25, 0.3) is 0 Å². The lowest BCUT2D eigenvalue weighted by atomic mass is 9.78. The Morgan fingerprint density at radius 3 is 2.38 bits per heavy atom. The summed E-state index contributed by atoms with van der Waals surface area (Å²) >= 11 is 0. The summed E-state index contributed by atoms with van der Waals surface area (Å²) in [7, 11) is 0. The molecule has 0 amide bonds. The van der Waals surface area contributed by atoms with E-state index < -0.39 is 0 Å². The number of nitrogens with zero attached hydrogens (tertiary/aromatic N) is 3. The van der Waals surface area contributed by atoms with Crippen LogP contribution in [0.5, 0.6) is 0 Å². The van der Waals surface area contributed by atoms with Crippen LogP contribution in [0.15, 0.2) is 0 Å². The Morgan fingerprint density at radius 2 is 1.76 bits per heavy atom. The fourth-order valence-electron chi connectivity index (χ4n) is 4.77. The van der Waals surface area contributed by atoms with Gasteiger partial charge in [-0.2, -0.15) is 0 Å². The number of likely N-dealkylation sites (tertiary alicyclic amines) is 3. The van der Waals surface area contributed by atoms with Gasteiger partial charge in [0, 0.05) is 31.2 Å². The second-order valence-electron chi connectivity index (χ2n) is 8.00. The summed E-state index contributed by atoms with van der Waals surface area (Å²) in [6, 6.07) is 0.733. The zero-order valence-corrected chi connectivity index (χ0v) is 14.5. The van der Waals surface area contributed by atoms with Crippen molar-refractivity contribution in [3.8, 4) is 0 Å². The highest BCUT2D eigenvalue weighted by molar-refractivity contribution is 5.05. The molecule has 0 aromatic rings. The van der Waals surface area contributed by atoms with E-state index in [2.05, 4.69) is 35.5 Å². The molecule has 0 aliphatic carbocycles. The molecule has 0 radical (unpaired) electrons. The van der Waals surface area contributed by atoms with Gasteiger partial charge >= 0.3 is 0 Å². The van der Waals surface area contributed by atoms with E-state index in [4.69, 9.17) is 0 Å². The molecule has 0 bridgehead atoms. The molecule has 1 spiro atoms. The van der Waals surface area contributed by atoms with Crippen LogP contribution in [-0.4, -0.2) is 72.1 Å². The first kappa shape index (κ1) is 15.8. The monoisotopic (exact) mass is 293 g/mol. The second-order valence-corrected chi connectivity index (χ2v) is 8.00. The topological polar surface area (TPSA) is 9.72 Å². The van der Waals surface area contributed by atoms with Crippen molar-refractivity contribution in [3.05, 3.63) is 0 Å². The molecular formula is C18H35N3. The van der Waals surface area contributed by atoms with Gasteiger partial charge in [0.15, 0.2) is 0 Å². The van der Waals surface area contributed by atoms with Crippen molar-refractivity contribution in [2.45, 2.75) is 64.5 Å². The molecule has 0 N–H and O–H groups in total. The molecule has 3 heteroatoms. The minimum atomic E-state index is 0.573. The molecular weight excluding hydrogens is 258 g/mol. The highest BCUT2D eigenvalue weighted by atomic mass is 15.4. The van der Waals surface area contributed by atoms with E-state index in [9.17, 15) is 0 Å². The van der Waals surface area contributed by atoms with Gasteiger partial charge in [-0.05, 0) is 71.6 Å². The predicted molar refractivity (Wildman–Crippen MR) is 89.7 cm³/mol. The molecule has 3 saturated heterocycles. The van der Waals surface area contributed by atoms with Gasteiger partial charge < -0.3 is 4.90 Å². The fraction of sp³-hybridized carbons (Fsp3) is 1.00. The third-order valence-electron chi connectivity index (χ3n) is 6.33. The van der Waals surface area contributed by atoms with Gasteiger partial charge in [0.2, 0.25) is 0 Å². The molecule has 0 aromatic heterocycles. The lowest BCUT2D eigenvalue weighted by Crippen LogP contribution is -2.71. The van der Waals surface area contributed by atoms with Gasteiger partial charge in [0.1, 0.15) is 0 Å². The third kappa shape index (κ3) is 3.30. The molecule has 3 aliphatic rings. The van der Waals surface area contributed by atoms with E-state index in [0.29, 0.717) is 5.54 Å². The average Bonchev–Trinajstić information content (AvgIpc) is 2.46. The van der Waals surface area contributed by atoms with Crippen LogP contribution in [-0.2, 0) is 0 Å². The van der Waals surface area contributed by atoms with Gasteiger partial charge in [-0.1, -0.05) is 13.3 Å². The number of rotatable bonds is 4. The van der Waals surface area contributed by atoms with Gasteiger partial charge in [-0.15, -0.1) is 0 Å². The number of hydrogen-bond acceptors (Lipinski definition) is 3. The molecule has 3 heterocycles. The molecule has 3 aliphatic heterocycles. The minimum absolute atomic E-state index is 0.573. The summed E-state index contributed by atoms with van der Waals surface area (Å²) in [5.74, 6) is 0.950. The van der Waals surface area contributed by atoms with Gasteiger partial charge in [-0.3, -0.25) is 9.80 Å². The van der Waals surface area contributed by atoms with Crippen molar-refractivity contribution in [2.24, 2.45) is 5.92 Å². The first-order valence-corrected chi connectivity index (χ1v) is 9.34. The van der Waals surface area contributed by atoms with Gasteiger partial charge in [-0.25, -0.2) is 0 Å². The Labute approximate surface area is 131 Å². The van der Waals surface area contributed by atoms with E-state index in [0.717, 1.165) is 12.0 Å². The molecule has 21 heavy (non-hydrogen) atoms. The van der Waals surface area contributed by atoms with Crippen molar-refractivity contribution < 1.29 is 0 Å². The van der Waals surface area contributed by atoms with Gasteiger partial charge in [0.05, 0.1) is 0 Å². The number of piperidine rings is 2. The van der Waals surface area contributed by atoms with E-state index in [1.807, 2.05) is 0 Å². The number of likely N-dealkylation sites (N-methyl/N-ethyl adjacent to an activating group) is 1. The normalized spacial score (nSPS) is 29.1. The molecule has 0 unspecified atom stereocenters. The number of hydrogen-bond donors (Lipinski definition) is 0. The third-order valence-corrected chi connectivity index (χ3v) is 6.33. The Bertz CT molecular complexity index is 327. The van der Waals surface area contributed by atoms with Crippen LogP contribution in [0, 0.1) is 5.92 Å². The Hall–Kier alpha value is -0.120. The quantitative estimate of drug-likeness (QED) is 0.789. The van der Waals surface area contributed by atoms with Crippen molar-refractivity contribution in [1.29, 1.82) is 0 Å². The molecule has 3 rings (SSSR count). The summed E-state index contributed by atoms with van der Waals surface area (Å²) in [6.45, 7) is 16.3. The van der Waals surface area contributed by atoms with Crippen molar-refractivity contribution in [1.82, 2.24) is 14.7 Å². The predicted octanol–water partition coefficient (Wildman–Crippen LogP) is 2.67. The minimum Gasteiger partial charge on any atom is -0.301 e.